The van der Waals surface area contributed by atoms with Crippen LogP contribution in [-0.2, 0) is 0 Å². The van der Waals surface area contributed by atoms with Gasteiger partial charge in [-0.15, -0.1) is 0 Å². The normalized spacial score (nSPS) is 27.7. The Morgan fingerprint density at radius 3 is 2.94 bits per heavy atom. The molecule has 2 nitrogen and oxygen atoms in total. The topological polar surface area (TPSA) is 16.4 Å². The van der Waals surface area contributed by atoms with Gasteiger partial charge in [0.25, 0.3) is 0 Å². The van der Waals surface area contributed by atoms with E-state index in [9.17, 15) is 0 Å². The predicted molar refractivity (Wildman–Crippen MR) is 73.4 cm³/mol. The number of hydrogen-bond donors (Lipinski definition) is 0. The first-order chi connectivity index (χ1) is 8.81. The van der Waals surface area contributed by atoms with Crippen LogP contribution in [0.15, 0.2) is 40.8 Å². The molecule has 0 radical (unpaired) electrons. The second-order valence-corrected chi connectivity index (χ2v) is 5.51. The number of rotatable bonds is 1. The summed E-state index contributed by atoms with van der Waals surface area (Å²) in [7, 11) is 2.24. The number of furan rings is 1. The van der Waals surface area contributed by atoms with E-state index in [0.29, 0.717) is 12.1 Å². The van der Waals surface area contributed by atoms with Crippen LogP contribution in [0.5, 0.6) is 0 Å². The van der Waals surface area contributed by atoms with Crippen LogP contribution in [0, 0.1) is 0 Å². The minimum absolute atomic E-state index is 0.618. The molecule has 0 N–H and O–H groups in total. The van der Waals surface area contributed by atoms with Crippen LogP contribution in [0.1, 0.15) is 25.0 Å². The van der Waals surface area contributed by atoms with Gasteiger partial charge in [0.15, 0.2) is 0 Å². The van der Waals surface area contributed by atoms with Gasteiger partial charge in [-0.05, 0) is 44.0 Å². The van der Waals surface area contributed by atoms with E-state index in [2.05, 4.69) is 36.2 Å². The number of fused-ring (bicyclic) bond motifs is 3. The van der Waals surface area contributed by atoms with Crippen molar-refractivity contribution in [1.29, 1.82) is 0 Å². The fourth-order valence-corrected chi connectivity index (χ4v) is 3.37. The van der Waals surface area contributed by atoms with E-state index in [1.54, 1.807) is 0 Å². The maximum absolute atomic E-state index is 5.98. The molecular weight excluding hydrogens is 222 g/mol. The molecule has 2 unspecified atom stereocenters. The molecule has 2 aromatic rings. The minimum Gasteiger partial charge on any atom is -0.456 e. The molecule has 1 aromatic heterocycles. The molecule has 2 bridgehead atoms. The van der Waals surface area contributed by atoms with E-state index >= 15 is 0 Å². The van der Waals surface area contributed by atoms with Crippen molar-refractivity contribution in [3.63, 3.8) is 0 Å². The largest absolute Gasteiger partial charge is 0.456 e. The zero-order chi connectivity index (χ0) is 12.1. The molecule has 2 heteroatoms. The van der Waals surface area contributed by atoms with Crippen molar-refractivity contribution in [1.82, 2.24) is 4.90 Å². The molecule has 2 aliphatic rings. The van der Waals surface area contributed by atoms with Gasteiger partial charge in [0.2, 0.25) is 0 Å². The van der Waals surface area contributed by atoms with Crippen molar-refractivity contribution in [3.8, 4) is 0 Å². The Bertz CT molecular complexity index is 592. The van der Waals surface area contributed by atoms with Crippen molar-refractivity contribution in [2.75, 3.05) is 7.05 Å². The summed E-state index contributed by atoms with van der Waals surface area (Å²) in [5.41, 5.74) is 2.40. The van der Waals surface area contributed by atoms with Crippen LogP contribution in [0.25, 0.3) is 16.5 Å². The summed E-state index contributed by atoms with van der Waals surface area (Å²) in [6.45, 7) is 0. The lowest BCUT2D eigenvalue weighted by Gasteiger charge is -2.29. The van der Waals surface area contributed by atoms with Crippen LogP contribution >= 0.6 is 0 Å². The lowest BCUT2D eigenvalue weighted by Crippen LogP contribution is -2.34. The van der Waals surface area contributed by atoms with Crippen molar-refractivity contribution < 1.29 is 4.42 Å². The second kappa shape index (κ2) is 3.72. The Labute approximate surface area is 107 Å². The highest BCUT2D eigenvalue weighted by atomic mass is 16.3. The highest BCUT2D eigenvalue weighted by molar-refractivity contribution is 5.82. The first-order valence-corrected chi connectivity index (χ1v) is 6.73. The van der Waals surface area contributed by atoms with E-state index in [1.165, 1.54) is 23.8 Å². The number of benzene rings is 1. The number of nitrogens with zero attached hydrogens (tertiary/aromatic N) is 1. The zero-order valence-electron chi connectivity index (χ0n) is 10.6. The monoisotopic (exact) mass is 239 g/mol. The van der Waals surface area contributed by atoms with Gasteiger partial charge >= 0.3 is 0 Å². The summed E-state index contributed by atoms with van der Waals surface area (Å²) in [5, 5.41) is 1.21. The molecule has 3 heterocycles. The molecule has 1 saturated heterocycles. The third kappa shape index (κ3) is 1.45. The van der Waals surface area contributed by atoms with Gasteiger partial charge in [-0.2, -0.15) is 0 Å². The van der Waals surface area contributed by atoms with Crippen LogP contribution in [-0.4, -0.2) is 24.0 Å². The number of likely N-dealkylation sites (N-methyl/N-ethyl adjacent to an activating group) is 1. The van der Waals surface area contributed by atoms with Crippen molar-refractivity contribution in [3.05, 3.63) is 42.2 Å². The van der Waals surface area contributed by atoms with Gasteiger partial charge < -0.3 is 4.42 Å². The molecule has 1 aromatic carbocycles. The van der Waals surface area contributed by atoms with Crippen LogP contribution < -0.4 is 0 Å². The first kappa shape index (κ1) is 10.4. The Kier molecular flexibility index (Phi) is 2.15. The summed E-state index contributed by atoms with van der Waals surface area (Å²) < 4.78 is 5.98. The molecule has 18 heavy (non-hydrogen) atoms. The van der Waals surface area contributed by atoms with Crippen LogP contribution in [0.3, 0.4) is 0 Å². The minimum atomic E-state index is 0.618. The first-order valence-electron chi connectivity index (χ1n) is 6.73. The molecule has 0 spiro atoms. The van der Waals surface area contributed by atoms with Crippen molar-refractivity contribution in [2.45, 2.75) is 31.3 Å². The summed E-state index contributed by atoms with van der Waals surface area (Å²) in [5.74, 6) is 1.07. The van der Waals surface area contributed by atoms with E-state index < -0.39 is 0 Å². The molecule has 0 aliphatic carbocycles. The van der Waals surface area contributed by atoms with Crippen LogP contribution in [0.4, 0.5) is 0 Å². The highest BCUT2D eigenvalue weighted by Crippen LogP contribution is 2.38. The fraction of sp³-hybridized carbons (Fsp3) is 0.375. The summed E-state index contributed by atoms with van der Waals surface area (Å²) >= 11 is 0. The molecule has 92 valence electrons. The Morgan fingerprint density at radius 2 is 2.11 bits per heavy atom. The smallest absolute Gasteiger partial charge is 0.134 e. The van der Waals surface area contributed by atoms with Gasteiger partial charge in [-0.1, -0.05) is 24.3 Å². The lowest BCUT2D eigenvalue weighted by molar-refractivity contribution is 0.263. The van der Waals surface area contributed by atoms with Crippen LogP contribution in [0.2, 0.25) is 0 Å². The molecule has 0 saturated carbocycles. The maximum atomic E-state index is 5.98. The third-order valence-corrected chi connectivity index (χ3v) is 4.49. The SMILES string of the molecule is CN1C2C=C(c3cc4ccccc4o3)CC1CC2. The number of para-hydroxylation sites is 1. The molecule has 0 amide bonds. The van der Waals surface area contributed by atoms with E-state index in [-0.39, 0.29) is 0 Å². The van der Waals surface area contributed by atoms with Gasteiger partial charge in [0.1, 0.15) is 11.3 Å². The van der Waals surface area contributed by atoms with Gasteiger partial charge in [-0.3, -0.25) is 4.90 Å². The van der Waals surface area contributed by atoms with E-state index in [0.717, 1.165) is 17.8 Å². The summed E-state index contributed by atoms with van der Waals surface area (Å²) in [4.78, 5) is 2.51. The summed E-state index contributed by atoms with van der Waals surface area (Å²) in [6, 6.07) is 11.8. The lowest BCUT2D eigenvalue weighted by atomic mass is 10.00. The van der Waals surface area contributed by atoms with Crippen molar-refractivity contribution in [2.24, 2.45) is 0 Å². The maximum Gasteiger partial charge on any atom is 0.134 e. The van der Waals surface area contributed by atoms with Crippen molar-refractivity contribution >= 4 is 16.5 Å². The molecule has 2 aliphatic heterocycles. The highest BCUT2D eigenvalue weighted by Gasteiger charge is 2.34. The average Bonchev–Trinajstić information content (AvgIpc) is 2.87. The Morgan fingerprint density at radius 1 is 1.22 bits per heavy atom. The third-order valence-electron chi connectivity index (χ3n) is 4.49. The Balaban J connectivity index is 1.77. The van der Waals surface area contributed by atoms with E-state index in [4.69, 9.17) is 4.42 Å². The fourth-order valence-electron chi connectivity index (χ4n) is 3.37. The van der Waals surface area contributed by atoms with Gasteiger partial charge in [0, 0.05) is 17.5 Å². The van der Waals surface area contributed by atoms with E-state index in [1.807, 2.05) is 12.1 Å². The average molecular weight is 239 g/mol. The molecule has 2 atom stereocenters. The molecule has 4 rings (SSSR count). The second-order valence-electron chi connectivity index (χ2n) is 5.51. The molecular formula is C16H17NO. The zero-order valence-corrected chi connectivity index (χ0v) is 10.6. The standard InChI is InChI=1S/C16H17NO/c1-17-13-6-7-14(17)9-12(8-13)16-10-11-4-2-3-5-15(11)18-16/h2-5,8,10,13-14H,6-7,9H2,1H3. The Hall–Kier alpha value is -1.54. The number of hydrogen-bond acceptors (Lipinski definition) is 2. The quantitative estimate of drug-likeness (QED) is 0.754. The molecule has 1 fully saturated rings. The van der Waals surface area contributed by atoms with Gasteiger partial charge in [-0.25, -0.2) is 0 Å². The predicted octanol–water partition coefficient (Wildman–Crippen LogP) is 3.68. The van der Waals surface area contributed by atoms with Gasteiger partial charge in [0.05, 0.1) is 0 Å². The summed E-state index contributed by atoms with van der Waals surface area (Å²) in [6.07, 6.45) is 6.15.